The lowest BCUT2D eigenvalue weighted by atomic mass is 9.78. The number of rotatable bonds is 6. The molecule has 2 aromatic rings. The van der Waals surface area contributed by atoms with E-state index in [4.69, 9.17) is 23.2 Å². The standard InChI is InChI=1S/C23H27Cl2FN2O.C7H13NO/c1-23(2,3)12-19-20(22(29)27-15-8-5-7-14(24)11-15)17(13-28(19)4)16-9-6-10-18(25)21(16)26;9-6-8-7-4-2-1-3-5-7/h5-11,17,19-20H,12-13H2,1-4H3,(H,27,29);6-7H,1-5H2,(H,8,9). The SMILES string of the molecule is CN1CC(c2cccc(Cl)c2F)C(C(=O)Nc2cccc(Cl)c2)C1CC(C)(C)C.O=CNC1CCCCC1. The predicted molar refractivity (Wildman–Crippen MR) is 154 cm³/mol. The van der Waals surface area contributed by atoms with Gasteiger partial charge in [-0.1, -0.05) is 81.4 Å². The number of likely N-dealkylation sites (N-methyl/N-ethyl adjacent to an activating group) is 1. The molecule has 1 saturated heterocycles. The number of hydrogen-bond donors (Lipinski definition) is 2. The molecule has 2 amide bonds. The van der Waals surface area contributed by atoms with Gasteiger partial charge in [-0.15, -0.1) is 0 Å². The van der Waals surface area contributed by atoms with Crippen LogP contribution in [0.25, 0.3) is 0 Å². The van der Waals surface area contributed by atoms with Crippen LogP contribution >= 0.6 is 23.2 Å². The summed E-state index contributed by atoms with van der Waals surface area (Å²) in [6.45, 7) is 7.05. The van der Waals surface area contributed by atoms with Crippen molar-refractivity contribution >= 4 is 41.2 Å². The van der Waals surface area contributed by atoms with Crippen LogP contribution < -0.4 is 10.6 Å². The molecule has 4 rings (SSSR count). The second kappa shape index (κ2) is 13.8. The summed E-state index contributed by atoms with van der Waals surface area (Å²) in [6, 6.07) is 12.5. The maximum Gasteiger partial charge on any atom is 0.229 e. The summed E-state index contributed by atoms with van der Waals surface area (Å²) in [5.74, 6) is -1.27. The summed E-state index contributed by atoms with van der Waals surface area (Å²) in [5, 5.41) is 6.43. The van der Waals surface area contributed by atoms with Crippen LogP contribution in [0.3, 0.4) is 0 Å². The molecular formula is C30H40Cl2FN3O2. The summed E-state index contributed by atoms with van der Waals surface area (Å²) >= 11 is 12.1. The number of halogens is 3. The zero-order valence-electron chi connectivity index (χ0n) is 22.8. The summed E-state index contributed by atoms with van der Waals surface area (Å²) < 4.78 is 14.9. The van der Waals surface area contributed by atoms with Crippen LogP contribution in [0.1, 0.15) is 70.8 Å². The number of amides is 2. The maximum absolute atomic E-state index is 14.9. The van der Waals surface area contributed by atoms with Crippen molar-refractivity contribution in [1.29, 1.82) is 0 Å². The number of benzene rings is 2. The average Bonchev–Trinajstić information content (AvgIpc) is 3.16. The molecule has 2 fully saturated rings. The fourth-order valence-corrected chi connectivity index (χ4v) is 6.00. The van der Waals surface area contributed by atoms with Crippen LogP contribution in [-0.2, 0) is 9.59 Å². The van der Waals surface area contributed by atoms with E-state index in [2.05, 4.69) is 36.3 Å². The molecule has 1 aliphatic carbocycles. The van der Waals surface area contributed by atoms with Gasteiger partial charge in [-0.3, -0.25) is 9.59 Å². The molecule has 38 heavy (non-hydrogen) atoms. The predicted octanol–water partition coefficient (Wildman–Crippen LogP) is 7.29. The molecule has 2 aromatic carbocycles. The molecule has 8 heteroatoms. The first-order valence-corrected chi connectivity index (χ1v) is 14.2. The summed E-state index contributed by atoms with van der Waals surface area (Å²) in [4.78, 5) is 25.5. The summed E-state index contributed by atoms with van der Waals surface area (Å²) in [5.41, 5.74) is 1.15. The van der Waals surface area contributed by atoms with Crippen LogP contribution in [0.4, 0.5) is 10.1 Å². The first-order valence-electron chi connectivity index (χ1n) is 13.4. The molecule has 5 nitrogen and oxygen atoms in total. The van der Waals surface area contributed by atoms with Gasteiger partial charge in [-0.2, -0.15) is 0 Å². The fourth-order valence-electron chi connectivity index (χ4n) is 5.63. The van der Waals surface area contributed by atoms with E-state index in [0.717, 1.165) is 12.8 Å². The smallest absolute Gasteiger partial charge is 0.229 e. The topological polar surface area (TPSA) is 61.4 Å². The average molecular weight is 565 g/mol. The molecule has 1 aliphatic heterocycles. The largest absolute Gasteiger partial charge is 0.356 e. The number of anilines is 1. The number of nitrogens with zero attached hydrogens (tertiary/aromatic N) is 1. The highest BCUT2D eigenvalue weighted by molar-refractivity contribution is 6.31. The minimum atomic E-state index is -0.440. The lowest BCUT2D eigenvalue weighted by Gasteiger charge is -2.31. The van der Waals surface area contributed by atoms with Gasteiger partial charge in [0.2, 0.25) is 12.3 Å². The van der Waals surface area contributed by atoms with E-state index in [1.165, 1.54) is 38.2 Å². The van der Waals surface area contributed by atoms with Crippen LogP contribution in [0, 0.1) is 17.2 Å². The Morgan fingerprint density at radius 1 is 1.11 bits per heavy atom. The van der Waals surface area contributed by atoms with E-state index in [0.29, 0.717) is 28.9 Å². The molecule has 0 aromatic heterocycles. The third-order valence-corrected chi connectivity index (χ3v) is 7.93. The quantitative estimate of drug-likeness (QED) is 0.363. The van der Waals surface area contributed by atoms with E-state index >= 15 is 0 Å². The molecule has 2 aliphatic rings. The molecule has 208 valence electrons. The Kier molecular flexibility index (Phi) is 11.0. The second-order valence-electron chi connectivity index (χ2n) is 11.7. The van der Waals surface area contributed by atoms with Crippen LogP contribution in [-0.4, -0.2) is 42.9 Å². The van der Waals surface area contributed by atoms with Gasteiger partial charge < -0.3 is 15.5 Å². The third-order valence-electron chi connectivity index (χ3n) is 7.41. The Labute approximate surface area is 236 Å². The molecule has 0 spiro atoms. The molecule has 0 radical (unpaired) electrons. The van der Waals surface area contributed by atoms with Crippen LogP contribution in [0.2, 0.25) is 10.0 Å². The highest BCUT2D eigenvalue weighted by Crippen LogP contribution is 2.43. The van der Waals surface area contributed by atoms with Crippen molar-refractivity contribution in [2.45, 2.75) is 77.3 Å². The van der Waals surface area contributed by atoms with Gasteiger partial charge in [-0.25, -0.2) is 4.39 Å². The van der Waals surface area contributed by atoms with Crippen molar-refractivity contribution in [2.24, 2.45) is 11.3 Å². The Bertz CT molecular complexity index is 1090. The van der Waals surface area contributed by atoms with E-state index in [9.17, 15) is 14.0 Å². The van der Waals surface area contributed by atoms with Crippen molar-refractivity contribution in [1.82, 2.24) is 10.2 Å². The maximum atomic E-state index is 14.9. The minimum absolute atomic E-state index is 0.0161. The van der Waals surface area contributed by atoms with Crippen molar-refractivity contribution < 1.29 is 14.0 Å². The van der Waals surface area contributed by atoms with Crippen molar-refractivity contribution in [3.05, 3.63) is 63.9 Å². The van der Waals surface area contributed by atoms with E-state index < -0.39 is 11.7 Å². The number of carbonyl (C=O) groups excluding carboxylic acids is 2. The van der Waals surface area contributed by atoms with Crippen molar-refractivity contribution in [2.75, 3.05) is 18.9 Å². The zero-order valence-corrected chi connectivity index (χ0v) is 24.3. The van der Waals surface area contributed by atoms with Gasteiger partial charge >= 0.3 is 0 Å². The summed E-state index contributed by atoms with van der Waals surface area (Å²) in [7, 11) is 2.00. The number of hydrogen-bond acceptors (Lipinski definition) is 3. The zero-order chi connectivity index (χ0) is 27.9. The number of carbonyl (C=O) groups is 2. The van der Waals surface area contributed by atoms with Crippen molar-refractivity contribution in [3.63, 3.8) is 0 Å². The normalized spacial score (nSPS) is 22.3. The molecule has 1 saturated carbocycles. The molecule has 3 unspecified atom stereocenters. The van der Waals surface area contributed by atoms with Crippen LogP contribution in [0.15, 0.2) is 42.5 Å². The second-order valence-corrected chi connectivity index (χ2v) is 12.5. The number of nitrogens with one attached hydrogen (secondary N) is 2. The first-order chi connectivity index (χ1) is 18.0. The molecule has 0 bridgehead atoms. The van der Waals surface area contributed by atoms with Gasteiger partial charge in [0.25, 0.3) is 0 Å². The summed E-state index contributed by atoms with van der Waals surface area (Å²) in [6.07, 6.45) is 7.90. The highest BCUT2D eigenvalue weighted by Gasteiger charge is 2.47. The Morgan fingerprint density at radius 3 is 2.42 bits per heavy atom. The Morgan fingerprint density at radius 2 is 1.79 bits per heavy atom. The monoisotopic (exact) mass is 563 g/mol. The molecule has 2 N–H and O–H groups in total. The minimum Gasteiger partial charge on any atom is -0.356 e. The van der Waals surface area contributed by atoms with Crippen LogP contribution in [0.5, 0.6) is 0 Å². The van der Waals surface area contributed by atoms with E-state index in [1.54, 1.807) is 36.4 Å². The van der Waals surface area contributed by atoms with Crippen molar-refractivity contribution in [3.8, 4) is 0 Å². The van der Waals surface area contributed by atoms with Gasteiger partial charge in [0.1, 0.15) is 5.82 Å². The van der Waals surface area contributed by atoms with Gasteiger partial charge in [0.15, 0.2) is 0 Å². The molecule has 1 heterocycles. The Hall–Kier alpha value is -2.15. The van der Waals surface area contributed by atoms with Gasteiger partial charge in [0.05, 0.1) is 10.9 Å². The van der Waals surface area contributed by atoms with Gasteiger partial charge in [-0.05, 0) is 61.6 Å². The molecular weight excluding hydrogens is 524 g/mol. The van der Waals surface area contributed by atoms with Gasteiger partial charge in [0, 0.05) is 35.3 Å². The first kappa shape index (κ1) is 30.4. The third kappa shape index (κ3) is 8.42. The molecule has 3 atom stereocenters. The number of likely N-dealkylation sites (tertiary alicyclic amines) is 1. The fraction of sp³-hybridized carbons (Fsp3) is 0.533. The highest BCUT2D eigenvalue weighted by atomic mass is 35.5. The van der Waals surface area contributed by atoms with E-state index in [1.807, 2.05) is 7.05 Å². The van der Waals surface area contributed by atoms with E-state index in [-0.39, 0.29) is 28.3 Å². The lowest BCUT2D eigenvalue weighted by Crippen LogP contribution is -2.39. The Balaban J connectivity index is 0.000000375. The lowest BCUT2D eigenvalue weighted by molar-refractivity contribution is -0.121.